The van der Waals surface area contributed by atoms with E-state index in [-0.39, 0.29) is 17.6 Å². The zero-order chi connectivity index (χ0) is 24.4. The Bertz CT molecular complexity index is 1400. The second-order valence-corrected chi connectivity index (χ2v) is 8.54. The highest BCUT2D eigenvalue weighted by atomic mass is 19.1. The van der Waals surface area contributed by atoms with Crippen molar-refractivity contribution in [1.82, 2.24) is 14.5 Å². The van der Waals surface area contributed by atoms with Gasteiger partial charge >= 0.3 is 0 Å². The number of aliphatic imine (C=N–C) groups is 2. The molecule has 0 unspecified atom stereocenters. The normalized spacial score (nSPS) is 14.7. The molecular formula is C27H27FN6O. The first-order valence-corrected chi connectivity index (χ1v) is 11.6. The molecule has 1 saturated carbocycles. The average Bonchev–Trinajstić information content (AvgIpc) is 3.47. The van der Waals surface area contributed by atoms with Crippen molar-refractivity contribution in [2.45, 2.75) is 25.3 Å². The second kappa shape index (κ2) is 9.58. The summed E-state index contributed by atoms with van der Waals surface area (Å²) in [6.07, 6.45) is 8.41. The van der Waals surface area contributed by atoms with Crippen molar-refractivity contribution >= 4 is 11.7 Å². The van der Waals surface area contributed by atoms with Gasteiger partial charge in [-0.2, -0.15) is 0 Å². The summed E-state index contributed by atoms with van der Waals surface area (Å²) >= 11 is 0. The van der Waals surface area contributed by atoms with Crippen molar-refractivity contribution in [1.29, 1.82) is 0 Å². The number of nitrogens with zero attached hydrogens (tertiary/aromatic N) is 4. The summed E-state index contributed by atoms with van der Waals surface area (Å²) in [7, 11) is 3.32. The summed E-state index contributed by atoms with van der Waals surface area (Å²) in [6, 6.07) is 15.1. The molecule has 0 bridgehead atoms. The molecule has 1 fully saturated rings. The number of imidazole rings is 1. The van der Waals surface area contributed by atoms with Crippen molar-refractivity contribution in [3.05, 3.63) is 84.5 Å². The van der Waals surface area contributed by atoms with E-state index in [0.717, 1.165) is 30.4 Å². The number of nitrogens with two attached hydrogens (primary N) is 1. The Balaban J connectivity index is 1.72. The molecular weight excluding hydrogens is 443 g/mol. The molecule has 178 valence electrons. The minimum Gasteiger partial charge on any atom is -0.494 e. The Hall–Kier alpha value is -4.20. The number of methoxy groups -OCH3 is 1. The van der Waals surface area contributed by atoms with Crippen molar-refractivity contribution in [3.63, 3.8) is 0 Å². The molecule has 3 N–H and O–H groups in total. The molecule has 5 rings (SSSR count). The van der Waals surface area contributed by atoms with E-state index in [2.05, 4.69) is 9.97 Å². The van der Waals surface area contributed by atoms with Gasteiger partial charge in [0.25, 0.3) is 0 Å². The summed E-state index contributed by atoms with van der Waals surface area (Å²) in [5, 5.41) is 0. The number of nitrogens with one attached hydrogen (secondary N) is 1. The van der Waals surface area contributed by atoms with E-state index in [1.54, 1.807) is 30.6 Å². The standard InChI is InChI=1S/C27H27FN6O/c1-34-15-14-30-27(34)25(29)33-26(32-18-10-6-11-18)24-22(17-8-4-3-5-9-17)20(16-31-24)19-12-7-13-21(35-2)23(19)28/h3-5,7-9,12-16,18,31H,6,10-11H2,1-2H3,(H2,29,32,33). The monoisotopic (exact) mass is 470 g/mol. The Morgan fingerprint density at radius 1 is 1.14 bits per heavy atom. The fourth-order valence-electron chi connectivity index (χ4n) is 4.21. The lowest BCUT2D eigenvalue weighted by atomic mass is 9.93. The zero-order valence-electron chi connectivity index (χ0n) is 19.7. The number of aryl methyl sites for hydroxylation is 1. The highest BCUT2D eigenvalue weighted by Gasteiger charge is 2.24. The topological polar surface area (TPSA) is 93.6 Å². The minimum atomic E-state index is -0.425. The fourth-order valence-corrected chi connectivity index (χ4v) is 4.21. The van der Waals surface area contributed by atoms with E-state index in [0.29, 0.717) is 28.5 Å². The Kier molecular flexibility index (Phi) is 6.18. The van der Waals surface area contributed by atoms with Crippen LogP contribution in [0.2, 0.25) is 0 Å². The van der Waals surface area contributed by atoms with Crippen LogP contribution in [-0.4, -0.2) is 39.4 Å². The maximum Gasteiger partial charge on any atom is 0.175 e. The van der Waals surface area contributed by atoms with Crippen molar-refractivity contribution < 1.29 is 9.13 Å². The third-order valence-corrected chi connectivity index (χ3v) is 6.30. The number of aromatic amines is 1. The van der Waals surface area contributed by atoms with Crippen molar-refractivity contribution in [2.24, 2.45) is 22.8 Å². The first-order chi connectivity index (χ1) is 17.1. The van der Waals surface area contributed by atoms with Crippen LogP contribution in [0.3, 0.4) is 0 Å². The number of hydrogen-bond acceptors (Lipinski definition) is 3. The SMILES string of the molecule is COc1cccc(-c2c[nH]c(C(=NC3CCC3)N=C(N)c3nccn3C)c2-c2ccccc2)c1F. The summed E-state index contributed by atoms with van der Waals surface area (Å²) in [5.41, 5.74) is 9.88. The van der Waals surface area contributed by atoms with Crippen molar-refractivity contribution in [2.75, 3.05) is 7.11 Å². The predicted octanol–water partition coefficient (Wildman–Crippen LogP) is 4.93. The minimum absolute atomic E-state index is 0.173. The van der Waals surface area contributed by atoms with Crippen LogP contribution in [0.25, 0.3) is 22.3 Å². The maximum atomic E-state index is 15.4. The van der Waals surface area contributed by atoms with Crippen molar-refractivity contribution in [3.8, 4) is 28.0 Å². The predicted molar refractivity (Wildman–Crippen MR) is 136 cm³/mol. The number of halogens is 1. The van der Waals surface area contributed by atoms with Crippen LogP contribution in [0, 0.1) is 5.82 Å². The number of ether oxygens (including phenoxy) is 1. The molecule has 0 aliphatic heterocycles. The van der Waals surface area contributed by atoms with Crippen LogP contribution in [0.15, 0.2) is 77.1 Å². The highest BCUT2D eigenvalue weighted by molar-refractivity contribution is 6.13. The molecule has 7 nitrogen and oxygen atoms in total. The molecule has 2 heterocycles. The van der Waals surface area contributed by atoms with E-state index in [1.165, 1.54) is 7.11 Å². The second-order valence-electron chi connectivity index (χ2n) is 8.54. The summed E-state index contributed by atoms with van der Waals surface area (Å²) in [6.45, 7) is 0. The van der Waals surface area contributed by atoms with Gasteiger partial charge in [-0.3, -0.25) is 4.99 Å². The van der Waals surface area contributed by atoms with Gasteiger partial charge in [-0.15, -0.1) is 0 Å². The molecule has 35 heavy (non-hydrogen) atoms. The summed E-state index contributed by atoms with van der Waals surface area (Å²) in [5.74, 6) is 1.05. The smallest absolute Gasteiger partial charge is 0.175 e. The molecule has 0 atom stereocenters. The van der Waals surface area contributed by atoms with Gasteiger partial charge in [-0.05, 0) is 30.9 Å². The number of benzene rings is 2. The summed E-state index contributed by atoms with van der Waals surface area (Å²) < 4.78 is 22.4. The maximum absolute atomic E-state index is 15.4. The quantitative estimate of drug-likeness (QED) is 0.309. The van der Waals surface area contributed by atoms with E-state index in [9.17, 15) is 0 Å². The molecule has 0 radical (unpaired) electrons. The molecule has 0 saturated heterocycles. The van der Waals surface area contributed by atoms with Gasteiger partial charge in [0.2, 0.25) is 0 Å². The largest absolute Gasteiger partial charge is 0.494 e. The number of H-pyrrole nitrogens is 1. The van der Waals surface area contributed by atoms with Crippen LogP contribution < -0.4 is 10.5 Å². The van der Waals surface area contributed by atoms with Crippen LogP contribution in [0.1, 0.15) is 30.8 Å². The number of rotatable bonds is 6. The Morgan fingerprint density at radius 3 is 2.60 bits per heavy atom. The Morgan fingerprint density at radius 2 is 1.94 bits per heavy atom. The van der Waals surface area contributed by atoms with Gasteiger partial charge in [0.1, 0.15) is 0 Å². The van der Waals surface area contributed by atoms with E-state index in [1.807, 2.05) is 48.1 Å². The molecule has 0 spiro atoms. The number of aromatic nitrogens is 3. The first-order valence-electron chi connectivity index (χ1n) is 11.6. The molecule has 0 amide bonds. The molecule has 2 aromatic heterocycles. The third-order valence-electron chi connectivity index (χ3n) is 6.30. The molecule has 1 aliphatic rings. The van der Waals surface area contributed by atoms with Gasteiger partial charge in [0, 0.05) is 42.3 Å². The fraction of sp³-hybridized carbons (Fsp3) is 0.222. The first kappa shape index (κ1) is 22.6. The van der Waals surface area contributed by atoms with Gasteiger partial charge in [-0.25, -0.2) is 14.4 Å². The van der Waals surface area contributed by atoms with Crippen LogP contribution >= 0.6 is 0 Å². The van der Waals surface area contributed by atoms with Gasteiger partial charge in [0.15, 0.2) is 29.1 Å². The summed E-state index contributed by atoms with van der Waals surface area (Å²) in [4.78, 5) is 17.3. The van der Waals surface area contributed by atoms with Gasteiger partial charge in [0.05, 0.1) is 18.8 Å². The third kappa shape index (κ3) is 4.35. The van der Waals surface area contributed by atoms with Crippen LogP contribution in [0.5, 0.6) is 5.75 Å². The van der Waals surface area contributed by atoms with Gasteiger partial charge in [-0.1, -0.05) is 42.5 Å². The molecule has 4 aromatic rings. The molecule has 2 aromatic carbocycles. The molecule has 1 aliphatic carbocycles. The highest BCUT2D eigenvalue weighted by Crippen LogP contribution is 2.39. The molecule has 8 heteroatoms. The van der Waals surface area contributed by atoms with E-state index in [4.69, 9.17) is 20.5 Å². The van der Waals surface area contributed by atoms with Gasteiger partial charge < -0.3 is 20.0 Å². The lowest BCUT2D eigenvalue weighted by Crippen LogP contribution is -2.23. The number of hydrogen-bond donors (Lipinski definition) is 2. The zero-order valence-corrected chi connectivity index (χ0v) is 19.7. The lowest BCUT2D eigenvalue weighted by Gasteiger charge is -2.22. The van der Waals surface area contributed by atoms with E-state index < -0.39 is 5.82 Å². The average molecular weight is 471 g/mol. The Labute approximate surface area is 203 Å². The number of amidine groups is 2. The lowest BCUT2D eigenvalue weighted by molar-refractivity contribution is 0.387. The van der Waals surface area contributed by atoms with Crippen LogP contribution in [-0.2, 0) is 7.05 Å². The van der Waals surface area contributed by atoms with Crippen LogP contribution in [0.4, 0.5) is 4.39 Å². The van der Waals surface area contributed by atoms with E-state index >= 15 is 4.39 Å².